The first kappa shape index (κ1) is 55.7. The molecule has 64 heavy (non-hydrogen) atoms. The van der Waals surface area contributed by atoms with Crippen LogP contribution in [0.2, 0.25) is 0 Å². The van der Waals surface area contributed by atoms with Crippen LogP contribution in [0.3, 0.4) is 0 Å². The molecule has 1 aliphatic rings. The smallest absolute Gasteiger partial charge is 0.326 e. The van der Waals surface area contributed by atoms with Gasteiger partial charge < -0.3 is 44.8 Å². The Bertz CT molecular complexity index is 1670. The minimum absolute atomic E-state index is 0.0181. The second kappa shape index (κ2) is 27.2. The molecular weight excluding hydrogens is 821 g/mol. The minimum Gasteiger partial charge on any atom is -0.454 e. The highest BCUT2D eigenvalue weighted by molar-refractivity contribution is 5.90. The number of amides is 5. The summed E-state index contributed by atoms with van der Waals surface area (Å²) in [6.45, 7) is 16.8. The SMILES string of the molecule is CC[C@H](C)[C@@H]([C@@H](CC(=O)N1CCC[C@H]1[C@H](OC)[C@@H](C)C(=O)N[C@H](C)C(OC(=O)CNC(=O)CCCC(C)=O)c1ccccc1)OC)N(C)C(=O)C(NC(=O)[C@H](C(C)C)N(C)C)C(C)C. The predicted molar refractivity (Wildman–Crippen MR) is 246 cm³/mol. The van der Waals surface area contributed by atoms with Gasteiger partial charge in [0.1, 0.15) is 24.5 Å². The number of benzene rings is 1. The van der Waals surface area contributed by atoms with E-state index in [1.807, 2.05) is 66.6 Å². The molecule has 0 spiro atoms. The van der Waals surface area contributed by atoms with E-state index < -0.39 is 60.4 Å². The molecule has 1 heterocycles. The highest BCUT2D eigenvalue weighted by Gasteiger charge is 2.43. The number of methoxy groups -OCH3 is 2. The number of carbonyl (C=O) groups excluding carboxylic acids is 7. The maximum Gasteiger partial charge on any atom is 0.326 e. The van der Waals surface area contributed by atoms with E-state index in [0.29, 0.717) is 37.8 Å². The van der Waals surface area contributed by atoms with Crippen molar-refractivity contribution in [1.82, 2.24) is 30.7 Å². The fourth-order valence-corrected chi connectivity index (χ4v) is 8.88. The van der Waals surface area contributed by atoms with E-state index >= 15 is 0 Å². The standard InChI is InChI=1S/C48H80N6O10/c1-15-31(6)43(53(12)48(61)41(29(2)3)51-47(60)42(30(4)5)52(10)11)37(62-13)27-39(57)54-26-20-24-36(54)44(63-14)33(8)46(59)50-34(9)45(35-22-17-16-18-23-35)64-40(58)28-49-38(56)25-19-21-32(7)55/h16-18,22-23,29-31,33-34,36-37,41-45H,15,19-21,24-28H2,1-14H3,(H,49,56)(H,50,59)(H,51,60)/t31-,33+,34+,36-,37+,41?,42-,43-,44+,45?/m0/s1. The van der Waals surface area contributed by atoms with Crippen LogP contribution < -0.4 is 16.0 Å². The number of esters is 1. The van der Waals surface area contributed by atoms with Crippen LogP contribution in [-0.2, 0) is 47.8 Å². The predicted octanol–water partition coefficient (Wildman–Crippen LogP) is 4.30. The summed E-state index contributed by atoms with van der Waals surface area (Å²) in [4.78, 5) is 97.9. The highest BCUT2D eigenvalue weighted by atomic mass is 16.5. The van der Waals surface area contributed by atoms with Crippen LogP contribution >= 0.6 is 0 Å². The number of ether oxygens (including phenoxy) is 3. The molecule has 1 saturated heterocycles. The number of ketones is 1. The molecule has 0 aliphatic carbocycles. The van der Waals surface area contributed by atoms with Gasteiger partial charge in [0.25, 0.3) is 0 Å². The normalized spacial score (nSPS) is 18.3. The first-order valence-electron chi connectivity index (χ1n) is 23.0. The van der Waals surface area contributed by atoms with Gasteiger partial charge >= 0.3 is 5.97 Å². The summed E-state index contributed by atoms with van der Waals surface area (Å²) >= 11 is 0. The van der Waals surface area contributed by atoms with Crippen molar-refractivity contribution >= 4 is 41.3 Å². The Kier molecular flexibility index (Phi) is 23.6. The molecule has 3 N–H and O–H groups in total. The third-order valence-electron chi connectivity index (χ3n) is 12.5. The number of hydrogen-bond donors (Lipinski definition) is 3. The lowest BCUT2D eigenvalue weighted by molar-refractivity contribution is -0.152. The van der Waals surface area contributed by atoms with Crippen molar-refractivity contribution in [2.45, 2.75) is 156 Å². The molecule has 1 aromatic carbocycles. The molecule has 0 saturated carbocycles. The number of likely N-dealkylation sites (N-methyl/N-ethyl adjacent to an activating group) is 2. The molecule has 2 unspecified atom stereocenters. The number of Topliss-reactive ketones (excluding diaryl/α,β-unsaturated/α-hetero) is 1. The zero-order valence-corrected chi connectivity index (χ0v) is 41.1. The van der Waals surface area contributed by atoms with E-state index in [-0.39, 0.29) is 78.9 Å². The maximum absolute atomic E-state index is 14.4. The van der Waals surface area contributed by atoms with E-state index in [1.54, 1.807) is 62.1 Å². The molecule has 1 aromatic rings. The second-order valence-electron chi connectivity index (χ2n) is 18.4. The number of likely N-dealkylation sites (tertiary alicyclic amines) is 1. The van der Waals surface area contributed by atoms with Gasteiger partial charge in [0, 0.05) is 40.7 Å². The molecule has 362 valence electrons. The lowest BCUT2D eigenvalue weighted by Crippen LogP contribution is -2.59. The average molecular weight is 901 g/mol. The molecule has 16 heteroatoms. The molecule has 0 radical (unpaired) electrons. The van der Waals surface area contributed by atoms with Crippen molar-refractivity contribution in [1.29, 1.82) is 0 Å². The van der Waals surface area contributed by atoms with E-state index in [4.69, 9.17) is 14.2 Å². The lowest BCUT2D eigenvalue weighted by Gasteiger charge is -2.41. The molecule has 1 fully saturated rings. The van der Waals surface area contributed by atoms with Gasteiger partial charge in [0.05, 0.1) is 48.7 Å². The molecule has 0 aromatic heterocycles. The number of nitrogens with zero attached hydrogens (tertiary/aromatic N) is 3. The zero-order valence-electron chi connectivity index (χ0n) is 41.1. The van der Waals surface area contributed by atoms with Crippen LogP contribution in [0.25, 0.3) is 0 Å². The summed E-state index contributed by atoms with van der Waals surface area (Å²) < 4.78 is 17.9. The fraction of sp³-hybridized carbons (Fsp3) is 0.729. The Labute approximate surface area is 382 Å². The van der Waals surface area contributed by atoms with E-state index in [1.165, 1.54) is 14.0 Å². The number of carbonyl (C=O) groups is 7. The highest BCUT2D eigenvalue weighted by Crippen LogP contribution is 2.30. The van der Waals surface area contributed by atoms with Crippen LogP contribution in [0.4, 0.5) is 0 Å². The van der Waals surface area contributed by atoms with Gasteiger partial charge in [-0.25, -0.2) is 0 Å². The summed E-state index contributed by atoms with van der Waals surface area (Å²) in [5.41, 5.74) is 0.643. The number of rotatable bonds is 27. The van der Waals surface area contributed by atoms with Gasteiger partial charge in [0.15, 0.2) is 0 Å². The summed E-state index contributed by atoms with van der Waals surface area (Å²) in [6.07, 6.45) is 0.500. The monoisotopic (exact) mass is 901 g/mol. The minimum atomic E-state index is -0.887. The van der Waals surface area contributed by atoms with Crippen molar-refractivity contribution in [3.05, 3.63) is 35.9 Å². The van der Waals surface area contributed by atoms with E-state index in [0.717, 1.165) is 0 Å². The van der Waals surface area contributed by atoms with Gasteiger partial charge in [-0.2, -0.15) is 0 Å². The Hall–Kier alpha value is -4.41. The van der Waals surface area contributed by atoms with Gasteiger partial charge in [-0.15, -0.1) is 0 Å². The van der Waals surface area contributed by atoms with Crippen LogP contribution in [0.1, 0.15) is 119 Å². The van der Waals surface area contributed by atoms with Crippen LogP contribution in [-0.4, -0.2) is 147 Å². The first-order chi connectivity index (χ1) is 30.1. The van der Waals surface area contributed by atoms with Crippen molar-refractivity contribution in [3.8, 4) is 0 Å². The molecule has 5 amide bonds. The zero-order chi connectivity index (χ0) is 48.4. The maximum atomic E-state index is 14.4. The van der Waals surface area contributed by atoms with Crippen LogP contribution in [0.15, 0.2) is 30.3 Å². The van der Waals surface area contributed by atoms with Gasteiger partial charge in [-0.05, 0) is 70.5 Å². The largest absolute Gasteiger partial charge is 0.454 e. The summed E-state index contributed by atoms with van der Waals surface area (Å²) in [7, 11) is 8.46. The number of hydrogen-bond acceptors (Lipinski definition) is 11. The van der Waals surface area contributed by atoms with Crippen LogP contribution in [0.5, 0.6) is 0 Å². The Morgan fingerprint density at radius 3 is 2.02 bits per heavy atom. The van der Waals surface area contributed by atoms with Crippen molar-refractivity contribution in [2.75, 3.05) is 48.5 Å². The second-order valence-corrected chi connectivity index (χ2v) is 18.4. The molecular formula is C48H80N6O10. The quantitative estimate of drug-likeness (QED) is 0.107. The van der Waals surface area contributed by atoms with Crippen molar-refractivity contribution < 1.29 is 47.8 Å². The molecule has 16 nitrogen and oxygen atoms in total. The van der Waals surface area contributed by atoms with Crippen molar-refractivity contribution in [2.24, 2.45) is 23.7 Å². The summed E-state index contributed by atoms with van der Waals surface area (Å²) in [5, 5.41) is 8.58. The molecule has 0 bridgehead atoms. The molecule has 1 aliphatic heterocycles. The van der Waals surface area contributed by atoms with E-state index in [9.17, 15) is 33.6 Å². The lowest BCUT2D eigenvalue weighted by atomic mass is 9.89. The fourth-order valence-electron chi connectivity index (χ4n) is 8.88. The third-order valence-corrected chi connectivity index (χ3v) is 12.5. The van der Waals surface area contributed by atoms with E-state index in [2.05, 4.69) is 16.0 Å². The Morgan fingerprint density at radius 2 is 1.48 bits per heavy atom. The average Bonchev–Trinajstić information content (AvgIpc) is 3.72. The van der Waals surface area contributed by atoms with Gasteiger partial charge in [0.2, 0.25) is 29.5 Å². The third kappa shape index (κ3) is 16.2. The molecule has 10 atom stereocenters. The summed E-state index contributed by atoms with van der Waals surface area (Å²) in [5.74, 6) is -3.09. The number of nitrogens with one attached hydrogen (secondary N) is 3. The Morgan fingerprint density at radius 1 is 0.844 bits per heavy atom. The van der Waals surface area contributed by atoms with Crippen LogP contribution in [0, 0.1) is 23.7 Å². The molecule has 2 rings (SSSR count). The summed E-state index contributed by atoms with van der Waals surface area (Å²) in [6, 6.07) is 6.14. The van der Waals surface area contributed by atoms with Crippen molar-refractivity contribution in [3.63, 3.8) is 0 Å². The van der Waals surface area contributed by atoms with Gasteiger partial charge in [-0.3, -0.25) is 33.7 Å². The van der Waals surface area contributed by atoms with Gasteiger partial charge in [-0.1, -0.05) is 85.2 Å². The topological polar surface area (TPSA) is 193 Å². The first-order valence-corrected chi connectivity index (χ1v) is 23.0. The Balaban J connectivity index is 2.25.